The number of nitrogens with zero attached hydrogens (tertiary/aromatic N) is 5. The van der Waals surface area contributed by atoms with E-state index >= 15 is 0 Å². The Labute approximate surface area is 86.7 Å². The quantitative estimate of drug-likeness (QED) is 0.726. The minimum Gasteiger partial charge on any atom is -0.333 e. The van der Waals surface area contributed by atoms with Crippen LogP contribution in [0.5, 0.6) is 0 Å². The summed E-state index contributed by atoms with van der Waals surface area (Å²) in [6, 6.07) is -0.377. The maximum Gasteiger partial charge on any atom is 0.197 e. The van der Waals surface area contributed by atoms with Gasteiger partial charge in [0.05, 0.1) is 18.2 Å². The van der Waals surface area contributed by atoms with Crippen molar-refractivity contribution in [2.75, 3.05) is 0 Å². The Morgan fingerprint density at radius 2 is 2.47 bits per heavy atom. The lowest BCUT2D eigenvalue weighted by Gasteiger charge is -2.10. The van der Waals surface area contributed by atoms with E-state index in [-0.39, 0.29) is 6.04 Å². The molecule has 0 bridgehead atoms. The number of imidazole rings is 1. The summed E-state index contributed by atoms with van der Waals surface area (Å²) in [5.74, 6) is 0.479. The van der Waals surface area contributed by atoms with Crippen LogP contribution in [0.1, 0.15) is 30.9 Å². The second-order valence-corrected chi connectivity index (χ2v) is 3.26. The minimum atomic E-state index is -0.377. The molecule has 0 spiro atoms. The van der Waals surface area contributed by atoms with Crippen molar-refractivity contribution in [2.45, 2.75) is 25.9 Å². The molecule has 0 aliphatic heterocycles. The lowest BCUT2D eigenvalue weighted by Crippen LogP contribution is -2.18. The summed E-state index contributed by atoms with van der Waals surface area (Å²) >= 11 is 0. The fraction of sp³-hybridized carbons (Fsp3) is 0.500. The van der Waals surface area contributed by atoms with Crippen LogP contribution in [0.4, 0.5) is 0 Å². The molecule has 0 radical (unpaired) electrons. The summed E-state index contributed by atoms with van der Waals surface area (Å²) in [5.41, 5.74) is 6.89. The van der Waals surface area contributed by atoms with Crippen LogP contribution in [0, 0.1) is 0 Å². The molecule has 0 amide bonds. The highest BCUT2D eigenvalue weighted by molar-refractivity contribution is 5.13. The van der Waals surface area contributed by atoms with E-state index in [0.29, 0.717) is 5.82 Å². The highest BCUT2D eigenvalue weighted by Crippen LogP contribution is 2.14. The monoisotopic (exact) mass is 207 g/mol. The van der Waals surface area contributed by atoms with E-state index in [1.165, 1.54) is 0 Å². The Morgan fingerprint density at radius 1 is 1.60 bits per heavy atom. The molecule has 3 N–H and O–H groups in total. The Balaban J connectivity index is 2.25. The highest BCUT2D eigenvalue weighted by Gasteiger charge is 2.17. The third kappa shape index (κ3) is 1.86. The third-order valence-electron chi connectivity index (χ3n) is 2.17. The first-order valence-corrected chi connectivity index (χ1v) is 4.82. The molecule has 7 heteroatoms. The average molecular weight is 207 g/mol. The van der Waals surface area contributed by atoms with E-state index in [1.807, 2.05) is 4.57 Å². The van der Waals surface area contributed by atoms with Crippen LogP contribution in [0.3, 0.4) is 0 Å². The third-order valence-corrected chi connectivity index (χ3v) is 2.17. The molecular weight excluding hydrogens is 194 g/mol. The summed E-state index contributed by atoms with van der Waals surface area (Å²) in [7, 11) is 0. The second-order valence-electron chi connectivity index (χ2n) is 3.26. The van der Waals surface area contributed by atoms with Crippen LogP contribution < -0.4 is 5.73 Å². The van der Waals surface area contributed by atoms with Crippen LogP contribution in [0.15, 0.2) is 12.5 Å². The van der Waals surface area contributed by atoms with Crippen LogP contribution in [-0.4, -0.2) is 30.2 Å². The van der Waals surface area contributed by atoms with Crippen molar-refractivity contribution in [1.82, 2.24) is 30.2 Å². The van der Waals surface area contributed by atoms with Crippen molar-refractivity contribution in [3.05, 3.63) is 24.0 Å². The fourth-order valence-electron chi connectivity index (χ4n) is 1.45. The van der Waals surface area contributed by atoms with E-state index < -0.39 is 0 Å². The average Bonchev–Trinajstić information content (AvgIpc) is 2.87. The van der Waals surface area contributed by atoms with Gasteiger partial charge >= 0.3 is 0 Å². The first-order chi connectivity index (χ1) is 7.33. The normalized spacial score (nSPS) is 12.9. The van der Waals surface area contributed by atoms with Gasteiger partial charge in [-0.3, -0.25) is 0 Å². The van der Waals surface area contributed by atoms with E-state index in [0.717, 1.165) is 18.7 Å². The molecule has 15 heavy (non-hydrogen) atoms. The topological polar surface area (TPSA) is 98.3 Å². The van der Waals surface area contributed by atoms with Gasteiger partial charge in [-0.25, -0.2) is 4.98 Å². The smallest absolute Gasteiger partial charge is 0.197 e. The number of nitrogens with two attached hydrogens (primary N) is 1. The van der Waals surface area contributed by atoms with E-state index in [9.17, 15) is 0 Å². The molecule has 0 aliphatic carbocycles. The van der Waals surface area contributed by atoms with Crippen LogP contribution in [0.2, 0.25) is 0 Å². The number of tetrazole rings is 1. The van der Waals surface area contributed by atoms with Gasteiger partial charge in [0.1, 0.15) is 6.04 Å². The van der Waals surface area contributed by atoms with Gasteiger partial charge in [0.15, 0.2) is 5.82 Å². The largest absolute Gasteiger partial charge is 0.333 e. The molecule has 0 aromatic carbocycles. The van der Waals surface area contributed by atoms with Crippen molar-refractivity contribution in [3.8, 4) is 0 Å². The summed E-state index contributed by atoms with van der Waals surface area (Å²) < 4.78 is 2.00. The Hall–Kier alpha value is -1.76. The molecular formula is C8H13N7. The number of nitrogens with one attached hydrogen (secondary N) is 1. The molecule has 2 aromatic rings. The van der Waals surface area contributed by atoms with Gasteiger partial charge in [-0.1, -0.05) is 12.1 Å². The lowest BCUT2D eigenvalue weighted by molar-refractivity contribution is 0.613. The summed E-state index contributed by atoms with van der Waals surface area (Å²) in [5, 5.41) is 13.6. The standard InChI is InChI=1S/C8H13N7/c1-2-3-15-5-10-4-6(15)7(9)8-11-13-14-12-8/h4-5,7H,2-3,9H2,1H3,(H,11,12,13,14). The minimum absolute atomic E-state index is 0.377. The van der Waals surface area contributed by atoms with Crippen LogP contribution >= 0.6 is 0 Å². The molecule has 7 nitrogen and oxygen atoms in total. The maximum atomic E-state index is 5.99. The molecule has 0 aliphatic rings. The zero-order valence-corrected chi connectivity index (χ0v) is 8.46. The van der Waals surface area contributed by atoms with Crippen molar-refractivity contribution < 1.29 is 0 Å². The molecule has 1 unspecified atom stereocenters. The molecule has 2 rings (SSSR count). The predicted octanol–water partition coefficient (Wildman–Crippen LogP) is -0.146. The van der Waals surface area contributed by atoms with Crippen molar-refractivity contribution in [2.24, 2.45) is 5.73 Å². The van der Waals surface area contributed by atoms with Crippen molar-refractivity contribution in [1.29, 1.82) is 0 Å². The maximum absolute atomic E-state index is 5.99. The molecule has 80 valence electrons. The Bertz CT molecular complexity index is 404. The Morgan fingerprint density at radius 3 is 3.13 bits per heavy atom. The predicted molar refractivity (Wildman–Crippen MR) is 52.7 cm³/mol. The van der Waals surface area contributed by atoms with E-state index in [4.69, 9.17) is 5.73 Å². The van der Waals surface area contributed by atoms with Gasteiger partial charge in [0.25, 0.3) is 0 Å². The lowest BCUT2D eigenvalue weighted by atomic mass is 10.2. The second kappa shape index (κ2) is 4.18. The SMILES string of the molecule is CCCn1cncc1C(N)c1nn[nH]n1. The van der Waals surface area contributed by atoms with Crippen molar-refractivity contribution in [3.63, 3.8) is 0 Å². The fourth-order valence-corrected chi connectivity index (χ4v) is 1.45. The number of H-pyrrole nitrogens is 1. The zero-order chi connectivity index (χ0) is 10.7. The summed E-state index contributed by atoms with van der Waals surface area (Å²) in [6.45, 7) is 2.99. The van der Waals surface area contributed by atoms with Gasteiger partial charge in [-0.2, -0.15) is 5.21 Å². The number of aromatic amines is 1. The van der Waals surface area contributed by atoms with Gasteiger partial charge in [-0.15, -0.1) is 10.2 Å². The van der Waals surface area contributed by atoms with Gasteiger partial charge < -0.3 is 10.3 Å². The zero-order valence-electron chi connectivity index (χ0n) is 8.46. The first kappa shape index (κ1) is 9.78. The van der Waals surface area contributed by atoms with Crippen molar-refractivity contribution >= 4 is 0 Å². The number of hydrogen-bond donors (Lipinski definition) is 2. The molecule has 0 saturated heterocycles. The molecule has 0 saturated carbocycles. The summed E-state index contributed by atoms with van der Waals surface area (Å²) in [4.78, 5) is 4.07. The number of aryl methyl sites for hydroxylation is 1. The van der Waals surface area contributed by atoms with Gasteiger partial charge in [-0.05, 0) is 6.42 Å². The van der Waals surface area contributed by atoms with Crippen LogP contribution in [0.25, 0.3) is 0 Å². The number of aromatic nitrogens is 6. The molecule has 2 aromatic heterocycles. The van der Waals surface area contributed by atoms with Gasteiger partial charge in [0.2, 0.25) is 0 Å². The van der Waals surface area contributed by atoms with E-state index in [2.05, 4.69) is 32.5 Å². The highest BCUT2D eigenvalue weighted by atomic mass is 15.5. The Kier molecular flexibility index (Phi) is 2.72. The first-order valence-electron chi connectivity index (χ1n) is 4.82. The molecule has 1 atom stereocenters. The summed E-state index contributed by atoms with van der Waals surface area (Å²) in [6.07, 6.45) is 4.53. The number of rotatable bonds is 4. The van der Waals surface area contributed by atoms with Crippen LogP contribution in [-0.2, 0) is 6.54 Å². The van der Waals surface area contributed by atoms with E-state index in [1.54, 1.807) is 12.5 Å². The molecule has 2 heterocycles. The molecule has 0 fully saturated rings. The van der Waals surface area contributed by atoms with Gasteiger partial charge in [0, 0.05) is 6.54 Å². The number of hydrogen-bond acceptors (Lipinski definition) is 5.